The Bertz CT molecular complexity index is 353. The average Bonchev–Trinajstić information content (AvgIpc) is 2.24. The van der Waals surface area contributed by atoms with E-state index in [1.165, 1.54) is 36.0 Å². The normalized spacial score (nSPS) is 12.2. The molecule has 1 rings (SSSR count). The Labute approximate surface area is 107 Å². The molecule has 1 aromatic carbocycles. The summed E-state index contributed by atoms with van der Waals surface area (Å²) in [7, 11) is 0. The van der Waals surface area contributed by atoms with Crippen LogP contribution < -0.4 is 0 Å². The number of hydrogen-bond acceptors (Lipinski definition) is 0. The predicted octanol–water partition coefficient (Wildman–Crippen LogP) is 5.45. The lowest BCUT2D eigenvalue weighted by Crippen LogP contribution is -2.12. The van der Waals surface area contributed by atoms with Crippen molar-refractivity contribution in [1.82, 2.24) is 0 Å². The van der Waals surface area contributed by atoms with E-state index in [2.05, 4.69) is 59.7 Å². The van der Waals surface area contributed by atoms with Crippen molar-refractivity contribution in [2.45, 2.75) is 72.1 Å². The summed E-state index contributed by atoms with van der Waals surface area (Å²) in [5, 5.41) is 0. The van der Waals surface area contributed by atoms with Gasteiger partial charge in [0.2, 0.25) is 0 Å². The fourth-order valence-electron chi connectivity index (χ4n) is 2.01. The predicted molar refractivity (Wildman–Crippen MR) is 77.8 cm³/mol. The standard InChI is InChI=1S/C17H28/c1-7-8-9-14-10-15(13(2)3)12-16(11-14)17(4,5)6/h10-13H,7-9H2,1-6H3. The second-order valence-electron chi connectivity index (χ2n) is 6.47. The van der Waals surface area contributed by atoms with Gasteiger partial charge in [0.05, 0.1) is 0 Å². The third-order valence-electron chi connectivity index (χ3n) is 3.37. The number of aryl methyl sites for hydroxylation is 1. The van der Waals surface area contributed by atoms with Crippen molar-refractivity contribution in [3.63, 3.8) is 0 Å². The van der Waals surface area contributed by atoms with Crippen molar-refractivity contribution in [2.75, 3.05) is 0 Å². The highest BCUT2D eigenvalue weighted by Gasteiger charge is 2.16. The smallest absolute Gasteiger partial charge is 0.0132 e. The summed E-state index contributed by atoms with van der Waals surface area (Å²) in [5.41, 5.74) is 4.74. The van der Waals surface area contributed by atoms with Gasteiger partial charge in [0, 0.05) is 0 Å². The highest BCUT2D eigenvalue weighted by molar-refractivity contribution is 5.35. The lowest BCUT2D eigenvalue weighted by molar-refractivity contribution is 0.587. The third-order valence-corrected chi connectivity index (χ3v) is 3.37. The van der Waals surface area contributed by atoms with Crippen LogP contribution in [0.5, 0.6) is 0 Å². The van der Waals surface area contributed by atoms with E-state index in [1.807, 2.05) is 0 Å². The molecule has 0 atom stereocenters. The quantitative estimate of drug-likeness (QED) is 0.647. The second kappa shape index (κ2) is 5.71. The van der Waals surface area contributed by atoms with E-state index in [-0.39, 0.29) is 5.41 Å². The van der Waals surface area contributed by atoms with Crippen LogP contribution in [-0.4, -0.2) is 0 Å². The molecule has 0 saturated heterocycles. The van der Waals surface area contributed by atoms with Gasteiger partial charge in [-0.25, -0.2) is 0 Å². The Balaban J connectivity index is 3.10. The van der Waals surface area contributed by atoms with Crippen molar-refractivity contribution in [3.05, 3.63) is 34.9 Å². The van der Waals surface area contributed by atoms with E-state index in [9.17, 15) is 0 Å². The Morgan fingerprint density at radius 2 is 1.71 bits per heavy atom. The Morgan fingerprint density at radius 3 is 2.18 bits per heavy atom. The molecule has 0 aliphatic heterocycles. The summed E-state index contributed by atoms with van der Waals surface area (Å²) in [5.74, 6) is 0.623. The zero-order valence-electron chi connectivity index (χ0n) is 12.4. The molecule has 0 heteroatoms. The zero-order valence-corrected chi connectivity index (χ0v) is 12.4. The van der Waals surface area contributed by atoms with Gasteiger partial charge in [-0.1, -0.05) is 66.2 Å². The van der Waals surface area contributed by atoms with Gasteiger partial charge in [0.1, 0.15) is 0 Å². The van der Waals surface area contributed by atoms with Crippen LogP contribution in [0.3, 0.4) is 0 Å². The number of rotatable bonds is 4. The second-order valence-corrected chi connectivity index (χ2v) is 6.47. The minimum absolute atomic E-state index is 0.256. The number of unbranched alkanes of at least 4 members (excludes halogenated alkanes) is 1. The van der Waals surface area contributed by atoms with Gasteiger partial charge >= 0.3 is 0 Å². The molecule has 0 aliphatic rings. The molecule has 0 radical (unpaired) electrons. The van der Waals surface area contributed by atoms with Gasteiger partial charge in [0.15, 0.2) is 0 Å². The molecule has 1 aromatic rings. The van der Waals surface area contributed by atoms with Crippen LogP contribution in [0.25, 0.3) is 0 Å². The topological polar surface area (TPSA) is 0 Å². The summed E-state index contributed by atoms with van der Waals surface area (Å²) in [6, 6.07) is 7.19. The molecule has 0 fully saturated rings. The van der Waals surface area contributed by atoms with E-state index in [1.54, 1.807) is 0 Å². The molecule has 17 heavy (non-hydrogen) atoms. The Kier molecular flexibility index (Phi) is 4.80. The van der Waals surface area contributed by atoms with Gasteiger partial charge in [-0.15, -0.1) is 0 Å². The lowest BCUT2D eigenvalue weighted by Gasteiger charge is -2.22. The van der Waals surface area contributed by atoms with Crippen LogP contribution in [-0.2, 0) is 11.8 Å². The summed E-state index contributed by atoms with van der Waals surface area (Å²) in [4.78, 5) is 0. The van der Waals surface area contributed by atoms with Crippen LogP contribution in [0.2, 0.25) is 0 Å². The van der Waals surface area contributed by atoms with Gasteiger partial charge in [-0.05, 0) is 40.9 Å². The van der Waals surface area contributed by atoms with Gasteiger partial charge < -0.3 is 0 Å². The minimum atomic E-state index is 0.256. The lowest BCUT2D eigenvalue weighted by atomic mass is 9.83. The molecular formula is C17H28. The summed E-state index contributed by atoms with van der Waals surface area (Å²) < 4.78 is 0. The zero-order chi connectivity index (χ0) is 13.1. The molecule has 0 N–H and O–H groups in total. The highest BCUT2D eigenvalue weighted by Crippen LogP contribution is 2.28. The number of hydrogen-bond donors (Lipinski definition) is 0. The van der Waals surface area contributed by atoms with Crippen LogP contribution >= 0.6 is 0 Å². The molecule has 0 amide bonds. The first-order valence-corrected chi connectivity index (χ1v) is 6.99. The fourth-order valence-corrected chi connectivity index (χ4v) is 2.01. The van der Waals surface area contributed by atoms with Crippen molar-refractivity contribution < 1.29 is 0 Å². The average molecular weight is 232 g/mol. The Hall–Kier alpha value is -0.780. The maximum Gasteiger partial charge on any atom is -0.0132 e. The first kappa shape index (κ1) is 14.3. The van der Waals surface area contributed by atoms with Crippen LogP contribution in [0.4, 0.5) is 0 Å². The minimum Gasteiger partial charge on any atom is -0.0654 e. The van der Waals surface area contributed by atoms with E-state index < -0.39 is 0 Å². The summed E-state index contributed by atoms with van der Waals surface area (Å²) in [6.07, 6.45) is 3.79. The summed E-state index contributed by atoms with van der Waals surface area (Å²) in [6.45, 7) is 13.7. The highest BCUT2D eigenvalue weighted by atomic mass is 14.2. The van der Waals surface area contributed by atoms with Gasteiger partial charge in [0.25, 0.3) is 0 Å². The van der Waals surface area contributed by atoms with E-state index >= 15 is 0 Å². The van der Waals surface area contributed by atoms with Crippen LogP contribution in [0, 0.1) is 0 Å². The molecule has 0 bridgehead atoms. The SMILES string of the molecule is CCCCc1cc(C(C)C)cc(C(C)(C)C)c1. The van der Waals surface area contributed by atoms with Crippen molar-refractivity contribution in [3.8, 4) is 0 Å². The van der Waals surface area contributed by atoms with E-state index in [4.69, 9.17) is 0 Å². The maximum atomic E-state index is 2.40. The molecule has 0 unspecified atom stereocenters. The molecular weight excluding hydrogens is 204 g/mol. The largest absolute Gasteiger partial charge is 0.0654 e. The van der Waals surface area contributed by atoms with E-state index in [0.29, 0.717) is 5.92 Å². The van der Waals surface area contributed by atoms with Crippen molar-refractivity contribution in [1.29, 1.82) is 0 Å². The molecule has 96 valence electrons. The molecule has 0 nitrogen and oxygen atoms in total. The van der Waals surface area contributed by atoms with Gasteiger partial charge in [-0.3, -0.25) is 0 Å². The van der Waals surface area contributed by atoms with Crippen molar-refractivity contribution in [2.24, 2.45) is 0 Å². The monoisotopic (exact) mass is 232 g/mol. The Morgan fingerprint density at radius 1 is 1.06 bits per heavy atom. The van der Waals surface area contributed by atoms with E-state index in [0.717, 1.165) is 0 Å². The van der Waals surface area contributed by atoms with Crippen LogP contribution in [0.1, 0.15) is 77.0 Å². The molecule has 0 aromatic heterocycles. The van der Waals surface area contributed by atoms with Gasteiger partial charge in [-0.2, -0.15) is 0 Å². The number of benzene rings is 1. The first-order chi connectivity index (χ1) is 7.84. The van der Waals surface area contributed by atoms with Crippen molar-refractivity contribution >= 4 is 0 Å². The molecule has 0 saturated carbocycles. The molecule has 0 aliphatic carbocycles. The summed E-state index contributed by atoms with van der Waals surface area (Å²) >= 11 is 0. The third kappa shape index (κ3) is 4.18. The fraction of sp³-hybridized carbons (Fsp3) is 0.647. The van der Waals surface area contributed by atoms with Crippen LogP contribution in [0.15, 0.2) is 18.2 Å². The molecule has 0 spiro atoms. The first-order valence-electron chi connectivity index (χ1n) is 6.99. The molecule has 0 heterocycles. The maximum absolute atomic E-state index is 2.40.